The molecule has 2 atom stereocenters. The Morgan fingerprint density at radius 2 is 1.72 bits per heavy atom. The zero-order valence-corrected chi connectivity index (χ0v) is 29.6. The summed E-state index contributed by atoms with van der Waals surface area (Å²) in [5.74, 6) is -0.240. The number of carbonyl (C=O) groups excluding carboxylic acids is 2. The van der Waals surface area contributed by atoms with Crippen LogP contribution in [-0.4, -0.2) is 81.9 Å². The molecule has 14 heteroatoms. The summed E-state index contributed by atoms with van der Waals surface area (Å²) in [4.78, 5) is 51.6. The fourth-order valence-electron chi connectivity index (χ4n) is 7.38. The molecule has 258 valence electrons. The third kappa shape index (κ3) is 5.62. The van der Waals surface area contributed by atoms with Crippen LogP contribution >= 0.6 is 35.3 Å². The van der Waals surface area contributed by atoms with Gasteiger partial charge >= 0.3 is 6.09 Å². The number of aryl methyl sites for hydroxylation is 1. The Kier molecular flexibility index (Phi) is 8.67. The minimum Gasteiger partial charge on any atom is -0.465 e. The van der Waals surface area contributed by atoms with Gasteiger partial charge in [-0.05, 0) is 90.6 Å². The van der Waals surface area contributed by atoms with E-state index < -0.39 is 6.09 Å². The Labute approximate surface area is 302 Å². The van der Waals surface area contributed by atoms with Crippen molar-refractivity contribution in [3.8, 4) is 0 Å². The van der Waals surface area contributed by atoms with Crippen LogP contribution in [0.15, 0.2) is 60.0 Å². The van der Waals surface area contributed by atoms with Crippen LogP contribution in [0.3, 0.4) is 0 Å². The summed E-state index contributed by atoms with van der Waals surface area (Å²) in [7, 11) is 2.00. The number of aromatic amines is 2. The number of nitrogens with two attached hydrogens (primary N) is 1. The molecule has 0 saturated carbocycles. The second kappa shape index (κ2) is 12.9. The molecule has 11 nitrogen and oxygen atoms in total. The molecule has 3 amide bonds. The van der Waals surface area contributed by atoms with Crippen molar-refractivity contribution in [2.75, 3.05) is 55.1 Å². The number of piperazine rings is 1. The first-order valence-electron chi connectivity index (χ1n) is 16.0. The van der Waals surface area contributed by atoms with E-state index in [1.807, 2.05) is 37.4 Å². The normalized spacial score (nSPS) is 17.7. The lowest BCUT2D eigenvalue weighted by molar-refractivity contribution is 0.0780. The molecule has 1 unspecified atom stereocenters. The number of nitrogen functional groups attached to an aromatic ring is 1. The van der Waals surface area contributed by atoms with Crippen LogP contribution in [0.25, 0.3) is 31.9 Å². The maximum Gasteiger partial charge on any atom is 0.407 e. The van der Waals surface area contributed by atoms with Crippen LogP contribution in [0.1, 0.15) is 49.6 Å². The SMILES string of the molecule is Cc1csc2c(C3CN(C)CCN3C(=O)O)cc3c(c12)[C@H](CCl)CN3C(=O)c1cc2cc(NC(=O)c3cc4cc(N)ccc4[nH]3)ccc2[nH]1.Cl. The Morgan fingerprint density at radius 3 is 2.48 bits per heavy atom. The molecule has 1 saturated heterocycles. The highest BCUT2D eigenvalue weighted by atomic mass is 35.5. The third-order valence-electron chi connectivity index (χ3n) is 9.79. The van der Waals surface area contributed by atoms with E-state index in [0.717, 1.165) is 54.3 Å². The predicted octanol–water partition coefficient (Wildman–Crippen LogP) is 7.38. The number of rotatable bonds is 5. The zero-order chi connectivity index (χ0) is 34.1. The van der Waals surface area contributed by atoms with Gasteiger partial charge in [-0.1, -0.05) is 0 Å². The minimum absolute atomic E-state index is 0. The first-order valence-corrected chi connectivity index (χ1v) is 17.4. The molecule has 6 aromatic rings. The number of halogens is 2. The molecular formula is C36H35Cl2N7O4S. The summed E-state index contributed by atoms with van der Waals surface area (Å²) in [5.41, 5.74) is 13.3. The number of alkyl halides is 1. The van der Waals surface area contributed by atoms with Gasteiger partial charge in [-0.25, -0.2) is 4.79 Å². The summed E-state index contributed by atoms with van der Waals surface area (Å²) in [6, 6.07) is 16.1. The average molecular weight is 733 g/mol. The van der Waals surface area contributed by atoms with Gasteiger partial charge in [0.25, 0.3) is 11.8 Å². The van der Waals surface area contributed by atoms with Gasteiger partial charge < -0.3 is 35.9 Å². The first kappa shape index (κ1) is 33.7. The lowest BCUT2D eigenvalue weighted by atomic mass is 9.92. The number of aromatic nitrogens is 2. The van der Waals surface area contributed by atoms with E-state index in [9.17, 15) is 19.5 Å². The maximum atomic E-state index is 14.3. The average Bonchev–Trinajstić information content (AvgIpc) is 3.87. The van der Waals surface area contributed by atoms with Gasteiger partial charge in [0, 0.05) is 86.9 Å². The van der Waals surface area contributed by atoms with Crippen LogP contribution in [-0.2, 0) is 0 Å². The Morgan fingerprint density at radius 1 is 1.00 bits per heavy atom. The molecule has 50 heavy (non-hydrogen) atoms. The lowest BCUT2D eigenvalue weighted by Gasteiger charge is -2.39. The monoisotopic (exact) mass is 731 g/mol. The largest absolute Gasteiger partial charge is 0.465 e. The standard InChI is InChI=1S/C36H34ClN7O4S.ClH/c1-18-17-49-33-24(30-16-42(2)7-8-43(30)36(47)48)13-29-32(31(18)33)21(14-37)15-44(29)35(46)28-12-20-10-23(4-6-26(20)41-28)39-34(45)27-11-19-9-22(38)3-5-25(19)40-27;/h3-6,9-13,17,21,30,40-41H,7-8,14-16,38H2,1-2H3,(H,39,45)(H,47,48);1H/t21-,30?;/m1./s1. The molecule has 0 spiro atoms. The van der Waals surface area contributed by atoms with Gasteiger partial charge in [-0.3, -0.25) is 14.5 Å². The van der Waals surface area contributed by atoms with E-state index in [-0.39, 0.29) is 36.2 Å². The highest BCUT2D eigenvalue weighted by molar-refractivity contribution is 7.17. The van der Waals surface area contributed by atoms with Crippen molar-refractivity contribution in [1.82, 2.24) is 19.8 Å². The van der Waals surface area contributed by atoms with Crippen molar-refractivity contribution in [1.29, 1.82) is 0 Å². The van der Waals surface area contributed by atoms with Crippen molar-refractivity contribution in [3.05, 3.63) is 88.1 Å². The molecule has 6 N–H and O–H groups in total. The molecule has 2 aliphatic heterocycles. The van der Waals surface area contributed by atoms with Crippen LogP contribution in [0.2, 0.25) is 0 Å². The number of fused-ring (bicyclic) bond motifs is 5. The third-order valence-corrected chi connectivity index (χ3v) is 11.3. The lowest BCUT2D eigenvalue weighted by Crippen LogP contribution is -2.48. The van der Waals surface area contributed by atoms with Crippen molar-refractivity contribution >= 4 is 102 Å². The van der Waals surface area contributed by atoms with E-state index in [1.54, 1.807) is 40.5 Å². The van der Waals surface area contributed by atoms with Crippen molar-refractivity contribution in [2.45, 2.75) is 18.9 Å². The molecule has 3 aromatic carbocycles. The number of anilines is 3. The van der Waals surface area contributed by atoms with Crippen LogP contribution in [0.4, 0.5) is 21.9 Å². The fraction of sp³-hybridized carbons (Fsp3) is 0.250. The zero-order valence-electron chi connectivity index (χ0n) is 27.2. The second-order valence-electron chi connectivity index (χ2n) is 13.0. The van der Waals surface area contributed by atoms with Crippen LogP contribution < -0.4 is 16.0 Å². The minimum atomic E-state index is -0.952. The van der Waals surface area contributed by atoms with Gasteiger partial charge in [-0.2, -0.15) is 0 Å². The predicted molar refractivity (Wildman–Crippen MR) is 203 cm³/mol. The van der Waals surface area contributed by atoms with Crippen LogP contribution in [0.5, 0.6) is 0 Å². The molecular weight excluding hydrogens is 697 g/mol. The number of amides is 3. The highest BCUT2D eigenvalue weighted by Crippen LogP contribution is 2.49. The number of benzene rings is 3. The van der Waals surface area contributed by atoms with Gasteiger partial charge in [-0.15, -0.1) is 35.3 Å². The molecule has 0 aliphatic carbocycles. The van der Waals surface area contributed by atoms with Crippen molar-refractivity contribution < 1.29 is 19.5 Å². The van der Waals surface area contributed by atoms with E-state index in [4.69, 9.17) is 17.3 Å². The summed E-state index contributed by atoms with van der Waals surface area (Å²) in [6.07, 6.45) is -0.952. The summed E-state index contributed by atoms with van der Waals surface area (Å²) < 4.78 is 1.05. The molecule has 2 aliphatic rings. The highest BCUT2D eigenvalue weighted by Gasteiger charge is 2.39. The number of hydrogen-bond donors (Lipinski definition) is 5. The number of nitrogens with zero attached hydrogens (tertiary/aromatic N) is 3. The number of nitrogens with one attached hydrogen (secondary N) is 3. The van der Waals surface area contributed by atoms with Gasteiger partial charge in [0.2, 0.25) is 0 Å². The van der Waals surface area contributed by atoms with Crippen molar-refractivity contribution in [3.63, 3.8) is 0 Å². The van der Waals surface area contributed by atoms with Gasteiger partial charge in [0.15, 0.2) is 0 Å². The number of carbonyl (C=O) groups is 3. The van der Waals surface area contributed by atoms with Crippen molar-refractivity contribution in [2.24, 2.45) is 0 Å². The Balaban J connectivity index is 0.00000392. The number of thiophene rings is 1. The van der Waals surface area contributed by atoms with E-state index in [0.29, 0.717) is 54.8 Å². The Bertz CT molecular complexity index is 2330. The van der Waals surface area contributed by atoms with Gasteiger partial charge in [0.05, 0.1) is 6.04 Å². The number of H-pyrrole nitrogens is 2. The van der Waals surface area contributed by atoms with E-state index >= 15 is 0 Å². The van der Waals surface area contributed by atoms with E-state index in [1.165, 1.54) is 4.90 Å². The summed E-state index contributed by atoms with van der Waals surface area (Å²) in [5, 5.41) is 17.9. The smallest absolute Gasteiger partial charge is 0.407 e. The summed E-state index contributed by atoms with van der Waals surface area (Å²) in [6.45, 7) is 4.08. The van der Waals surface area contributed by atoms with Crippen LogP contribution in [0, 0.1) is 6.92 Å². The summed E-state index contributed by atoms with van der Waals surface area (Å²) >= 11 is 8.18. The fourth-order valence-corrected chi connectivity index (χ4v) is 8.76. The first-order chi connectivity index (χ1) is 23.6. The maximum absolute atomic E-state index is 14.3. The number of carboxylic acid groups (broad SMARTS) is 1. The van der Waals surface area contributed by atoms with Gasteiger partial charge in [0.1, 0.15) is 11.4 Å². The number of likely N-dealkylation sites (N-methyl/N-ethyl adjacent to an activating group) is 1. The molecule has 3 aromatic heterocycles. The molecule has 5 heterocycles. The molecule has 0 bridgehead atoms. The topological polar surface area (TPSA) is 151 Å². The second-order valence-corrected chi connectivity index (χ2v) is 14.2. The molecule has 8 rings (SSSR count). The molecule has 0 radical (unpaired) electrons. The van der Waals surface area contributed by atoms with E-state index in [2.05, 4.69) is 32.5 Å². The quantitative estimate of drug-likeness (QED) is 0.0923. The molecule has 1 fully saturated rings. The number of hydrogen-bond acceptors (Lipinski definition) is 6. The Hall–Kier alpha value is -4.75.